The van der Waals surface area contributed by atoms with Gasteiger partial charge in [-0.3, -0.25) is 9.10 Å². The molecule has 0 bridgehead atoms. The third kappa shape index (κ3) is 4.71. The van der Waals surface area contributed by atoms with Gasteiger partial charge in [0.25, 0.3) is 5.91 Å². The summed E-state index contributed by atoms with van der Waals surface area (Å²) in [5.41, 5.74) is 6.43. The van der Waals surface area contributed by atoms with E-state index >= 15 is 0 Å². The third-order valence-electron chi connectivity index (χ3n) is 5.78. The van der Waals surface area contributed by atoms with Gasteiger partial charge in [-0.05, 0) is 72.9 Å². The maximum atomic E-state index is 12.8. The average Bonchev–Trinajstić information content (AvgIpc) is 3.20. The van der Waals surface area contributed by atoms with Crippen LogP contribution in [-0.4, -0.2) is 39.4 Å². The fraction of sp³-hybridized carbons (Fsp3) is 0.280. The monoisotopic (exact) mass is 465 g/mol. The van der Waals surface area contributed by atoms with E-state index < -0.39 is 22.0 Å². The zero-order chi connectivity index (χ0) is 23.6. The molecule has 0 spiro atoms. The Morgan fingerprint density at radius 2 is 1.82 bits per heavy atom. The molecule has 0 unspecified atom stereocenters. The first-order valence-electron chi connectivity index (χ1n) is 10.9. The molecule has 1 aliphatic carbocycles. The molecule has 172 valence electrons. The molecule has 33 heavy (non-hydrogen) atoms. The molecular formula is C25H27N3O4S. The van der Waals surface area contributed by atoms with Crippen molar-refractivity contribution in [1.29, 1.82) is 0 Å². The highest BCUT2D eigenvalue weighted by Crippen LogP contribution is 2.32. The Bertz CT molecular complexity index is 1310. The van der Waals surface area contributed by atoms with Gasteiger partial charge in [-0.2, -0.15) is 5.10 Å². The van der Waals surface area contributed by atoms with Crippen LogP contribution in [0.1, 0.15) is 30.5 Å². The molecule has 3 aromatic rings. The van der Waals surface area contributed by atoms with Gasteiger partial charge in [0.15, 0.2) is 0 Å². The molecule has 0 fully saturated rings. The Morgan fingerprint density at radius 3 is 2.48 bits per heavy atom. The summed E-state index contributed by atoms with van der Waals surface area (Å²) in [7, 11) is -3.72. The van der Waals surface area contributed by atoms with E-state index in [4.69, 9.17) is 4.74 Å². The Morgan fingerprint density at radius 1 is 1.12 bits per heavy atom. The van der Waals surface area contributed by atoms with Gasteiger partial charge in [-0.15, -0.1) is 0 Å². The average molecular weight is 466 g/mol. The predicted octanol–water partition coefficient (Wildman–Crippen LogP) is 3.64. The molecule has 0 heterocycles. The zero-order valence-corrected chi connectivity index (χ0v) is 19.7. The number of hydrogen-bond donors (Lipinski definition) is 1. The van der Waals surface area contributed by atoms with Crippen molar-refractivity contribution in [3.63, 3.8) is 0 Å². The van der Waals surface area contributed by atoms with E-state index in [0.29, 0.717) is 18.0 Å². The van der Waals surface area contributed by atoms with Crippen LogP contribution in [0.15, 0.2) is 59.7 Å². The van der Waals surface area contributed by atoms with E-state index in [0.717, 1.165) is 34.4 Å². The highest BCUT2D eigenvalue weighted by molar-refractivity contribution is 7.92. The number of hydrazone groups is 1. The molecule has 1 amide bonds. The molecule has 8 heteroatoms. The van der Waals surface area contributed by atoms with E-state index in [2.05, 4.69) is 28.7 Å². The number of rotatable bonds is 8. The number of ether oxygens (including phenoxy) is 1. The van der Waals surface area contributed by atoms with Crippen LogP contribution in [0.5, 0.6) is 5.75 Å². The van der Waals surface area contributed by atoms with Gasteiger partial charge in [-0.1, -0.05) is 30.3 Å². The number of benzene rings is 3. The third-order valence-corrected chi connectivity index (χ3v) is 7.02. The van der Waals surface area contributed by atoms with Crippen LogP contribution >= 0.6 is 0 Å². The van der Waals surface area contributed by atoms with E-state index in [1.807, 2.05) is 19.1 Å². The van der Waals surface area contributed by atoms with Crippen LogP contribution < -0.4 is 14.5 Å². The molecule has 0 radical (unpaired) electrons. The van der Waals surface area contributed by atoms with Crippen LogP contribution in [0, 0.1) is 0 Å². The maximum Gasteiger partial charge on any atom is 0.263 e. The van der Waals surface area contributed by atoms with Crippen molar-refractivity contribution < 1.29 is 17.9 Å². The Labute approximate surface area is 194 Å². The maximum absolute atomic E-state index is 12.8. The molecule has 1 N–H and O–H groups in total. The van der Waals surface area contributed by atoms with Crippen molar-refractivity contribution in [1.82, 2.24) is 5.43 Å². The predicted molar refractivity (Wildman–Crippen MR) is 131 cm³/mol. The summed E-state index contributed by atoms with van der Waals surface area (Å²) in [5, 5.41) is 6.48. The Hall–Kier alpha value is -3.39. The smallest absolute Gasteiger partial charge is 0.263 e. The Kier molecular flexibility index (Phi) is 6.37. The van der Waals surface area contributed by atoms with E-state index in [1.165, 1.54) is 23.4 Å². The summed E-state index contributed by atoms with van der Waals surface area (Å²) in [5.74, 6) is 0.0956. The van der Waals surface area contributed by atoms with Crippen LogP contribution in [0.2, 0.25) is 0 Å². The number of anilines is 1. The number of hydrogen-bond acceptors (Lipinski definition) is 5. The SMILES string of the molecule is CCOc1ccc(N([C@@H](C)C(=O)N/N=C\c2ccc3c4c(cccc24)CC3)S(C)(=O)=O)cc1. The number of carbonyl (C=O) groups is 1. The van der Waals surface area contributed by atoms with Gasteiger partial charge < -0.3 is 4.74 Å². The highest BCUT2D eigenvalue weighted by Gasteiger charge is 2.29. The molecule has 7 nitrogen and oxygen atoms in total. The molecule has 0 saturated heterocycles. The first-order chi connectivity index (χ1) is 15.8. The normalized spacial score (nSPS) is 13.9. The van der Waals surface area contributed by atoms with Gasteiger partial charge in [-0.25, -0.2) is 13.8 Å². The summed E-state index contributed by atoms with van der Waals surface area (Å²) in [6, 6.07) is 15.9. The van der Waals surface area contributed by atoms with Gasteiger partial charge in [0.1, 0.15) is 11.8 Å². The molecule has 1 atom stereocenters. The number of carbonyl (C=O) groups excluding carboxylic acids is 1. The minimum Gasteiger partial charge on any atom is -0.494 e. The van der Waals surface area contributed by atoms with Crippen molar-refractivity contribution in [2.75, 3.05) is 17.2 Å². The van der Waals surface area contributed by atoms with Gasteiger partial charge >= 0.3 is 0 Å². The molecular weight excluding hydrogens is 438 g/mol. The fourth-order valence-corrected chi connectivity index (χ4v) is 5.48. The number of nitrogens with one attached hydrogen (secondary N) is 1. The van der Waals surface area contributed by atoms with E-state index in [9.17, 15) is 13.2 Å². The Balaban J connectivity index is 1.52. The van der Waals surface area contributed by atoms with Crippen molar-refractivity contribution in [2.24, 2.45) is 5.10 Å². The van der Waals surface area contributed by atoms with Crippen LogP contribution in [0.3, 0.4) is 0 Å². The zero-order valence-electron chi connectivity index (χ0n) is 18.9. The van der Waals surface area contributed by atoms with Crippen molar-refractivity contribution >= 4 is 38.6 Å². The fourth-order valence-electron chi connectivity index (χ4n) is 4.31. The molecule has 1 aliphatic rings. The van der Waals surface area contributed by atoms with Crippen molar-refractivity contribution in [3.05, 3.63) is 71.3 Å². The van der Waals surface area contributed by atoms with Gasteiger partial charge in [0.05, 0.1) is 24.8 Å². The molecule has 3 aromatic carbocycles. The lowest BCUT2D eigenvalue weighted by molar-refractivity contribution is -0.121. The van der Waals surface area contributed by atoms with Crippen LogP contribution in [0.4, 0.5) is 5.69 Å². The van der Waals surface area contributed by atoms with Gasteiger partial charge in [0, 0.05) is 5.56 Å². The van der Waals surface area contributed by atoms with Crippen molar-refractivity contribution in [3.8, 4) is 5.75 Å². The van der Waals surface area contributed by atoms with E-state index in [1.54, 1.807) is 30.5 Å². The summed E-state index contributed by atoms with van der Waals surface area (Å²) >= 11 is 0. The highest BCUT2D eigenvalue weighted by atomic mass is 32.2. The molecule has 0 aliphatic heterocycles. The second-order valence-electron chi connectivity index (χ2n) is 8.05. The summed E-state index contributed by atoms with van der Waals surface area (Å²) < 4.78 is 31.4. The van der Waals surface area contributed by atoms with Crippen LogP contribution in [-0.2, 0) is 27.7 Å². The van der Waals surface area contributed by atoms with Gasteiger partial charge in [0.2, 0.25) is 10.0 Å². The quantitative estimate of drug-likeness (QED) is 0.406. The number of amides is 1. The first-order valence-corrected chi connectivity index (χ1v) is 12.7. The van der Waals surface area contributed by atoms with Crippen molar-refractivity contribution in [2.45, 2.75) is 32.7 Å². The minimum atomic E-state index is -3.72. The largest absolute Gasteiger partial charge is 0.494 e. The first kappa shape index (κ1) is 22.8. The van der Waals surface area contributed by atoms with Crippen LogP contribution in [0.25, 0.3) is 10.8 Å². The number of sulfonamides is 1. The lowest BCUT2D eigenvalue weighted by Gasteiger charge is -2.27. The second-order valence-corrected chi connectivity index (χ2v) is 9.91. The number of nitrogens with zero attached hydrogens (tertiary/aromatic N) is 2. The summed E-state index contributed by atoms with van der Waals surface area (Å²) in [6.45, 7) is 3.90. The van der Waals surface area contributed by atoms with E-state index in [-0.39, 0.29) is 0 Å². The topological polar surface area (TPSA) is 88.1 Å². The summed E-state index contributed by atoms with van der Waals surface area (Å²) in [6.07, 6.45) is 4.75. The molecule has 0 aromatic heterocycles. The second kappa shape index (κ2) is 9.23. The molecule has 4 rings (SSSR count). The standard InChI is InChI=1S/C25H27N3O4S/c1-4-32-22-14-12-21(13-15-22)28(33(3,30)31)17(2)25(29)27-26-16-20-11-10-19-9-8-18-6-5-7-23(20)24(18)19/h5-7,10-17H,4,8-9H2,1-3H3,(H,27,29)/b26-16-/t17-/m0/s1. The molecule has 0 saturated carbocycles. The summed E-state index contributed by atoms with van der Waals surface area (Å²) in [4.78, 5) is 12.8. The lowest BCUT2D eigenvalue weighted by Crippen LogP contribution is -2.46. The lowest BCUT2D eigenvalue weighted by atomic mass is 10.0. The number of aryl methyl sites for hydroxylation is 2. The minimum absolute atomic E-state index is 0.375.